The summed E-state index contributed by atoms with van der Waals surface area (Å²) in [5, 5.41) is 0. The molecule has 21 heavy (non-hydrogen) atoms. The molecule has 2 aromatic rings. The summed E-state index contributed by atoms with van der Waals surface area (Å²) in [6.07, 6.45) is 1.77. The lowest BCUT2D eigenvalue weighted by Crippen LogP contribution is -2.21. The lowest BCUT2D eigenvalue weighted by molar-refractivity contribution is 0.303. The highest BCUT2D eigenvalue weighted by atomic mass is 16.5. The molecule has 0 amide bonds. The Kier molecular flexibility index (Phi) is 5.64. The highest BCUT2D eigenvalue weighted by Crippen LogP contribution is 2.26. The van der Waals surface area contributed by atoms with Crippen molar-refractivity contribution in [3.63, 3.8) is 0 Å². The zero-order valence-electron chi connectivity index (χ0n) is 12.7. The minimum atomic E-state index is 0.162. The maximum Gasteiger partial charge on any atom is 0.125 e. The maximum absolute atomic E-state index is 6.01. The molecule has 1 atom stereocenters. The van der Waals surface area contributed by atoms with E-state index in [-0.39, 0.29) is 6.04 Å². The largest absolute Gasteiger partial charge is 0.496 e. The molecule has 3 heteroatoms. The van der Waals surface area contributed by atoms with E-state index in [0.29, 0.717) is 6.61 Å². The number of hydrogen-bond acceptors (Lipinski definition) is 3. The van der Waals surface area contributed by atoms with E-state index < -0.39 is 0 Å². The standard InChI is InChI=1S/C18H23NO2/c1-3-16(19)11-15-9-10-17(12-18(15)20-2)21-13-14-7-5-4-6-8-14/h4-10,12,16H,3,11,13,19H2,1-2H3. The molecule has 0 heterocycles. The van der Waals surface area contributed by atoms with Crippen molar-refractivity contribution < 1.29 is 9.47 Å². The molecular weight excluding hydrogens is 262 g/mol. The van der Waals surface area contributed by atoms with Gasteiger partial charge in [0.15, 0.2) is 0 Å². The molecular formula is C18H23NO2. The van der Waals surface area contributed by atoms with Crippen molar-refractivity contribution in [2.75, 3.05) is 7.11 Å². The van der Waals surface area contributed by atoms with Crippen LogP contribution in [0, 0.1) is 0 Å². The highest BCUT2D eigenvalue weighted by molar-refractivity contribution is 5.41. The summed E-state index contributed by atoms with van der Waals surface area (Å²) >= 11 is 0. The summed E-state index contributed by atoms with van der Waals surface area (Å²) in [6, 6.07) is 16.2. The van der Waals surface area contributed by atoms with Crippen LogP contribution in [0.15, 0.2) is 48.5 Å². The van der Waals surface area contributed by atoms with Gasteiger partial charge in [0.1, 0.15) is 18.1 Å². The van der Waals surface area contributed by atoms with Gasteiger partial charge < -0.3 is 15.2 Å². The quantitative estimate of drug-likeness (QED) is 0.846. The van der Waals surface area contributed by atoms with Gasteiger partial charge in [-0.1, -0.05) is 43.3 Å². The third-order valence-electron chi connectivity index (χ3n) is 3.51. The van der Waals surface area contributed by atoms with E-state index in [1.54, 1.807) is 7.11 Å². The van der Waals surface area contributed by atoms with E-state index in [9.17, 15) is 0 Å². The molecule has 2 rings (SSSR count). The highest BCUT2D eigenvalue weighted by Gasteiger charge is 2.09. The zero-order valence-corrected chi connectivity index (χ0v) is 12.7. The molecule has 0 bridgehead atoms. The van der Waals surface area contributed by atoms with Gasteiger partial charge in [-0.15, -0.1) is 0 Å². The van der Waals surface area contributed by atoms with Crippen LogP contribution in [0.3, 0.4) is 0 Å². The van der Waals surface area contributed by atoms with Crippen LogP contribution in [0.1, 0.15) is 24.5 Å². The Balaban J connectivity index is 2.04. The summed E-state index contributed by atoms with van der Waals surface area (Å²) in [5.41, 5.74) is 8.29. The lowest BCUT2D eigenvalue weighted by atomic mass is 10.0. The predicted octanol–water partition coefficient (Wildman–Crippen LogP) is 3.55. The zero-order chi connectivity index (χ0) is 15.1. The molecule has 3 nitrogen and oxygen atoms in total. The third-order valence-corrected chi connectivity index (χ3v) is 3.51. The first-order valence-corrected chi connectivity index (χ1v) is 7.32. The van der Waals surface area contributed by atoms with Gasteiger partial charge in [-0.3, -0.25) is 0 Å². The summed E-state index contributed by atoms with van der Waals surface area (Å²) in [6.45, 7) is 2.65. The number of benzene rings is 2. The van der Waals surface area contributed by atoms with Crippen LogP contribution in [-0.4, -0.2) is 13.2 Å². The van der Waals surface area contributed by atoms with Crippen LogP contribution in [0.2, 0.25) is 0 Å². The van der Waals surface area contributed by atoms with Gasteiger partial charge in [0.25, 0.3) is 0 Å². The van der Waals surface area contributed by atoms with Crippen molar-refractivity contribution >= 4 is 0 Å². The molecule has 0 aliphatic heterocycles. The second-order valence-corrected chi connectivity index (χ2v) is 5.12. The van der Waals surface area contributed by atoms with Crippen molar-refractivity contribution in [1.82, 2.24) is 0 Å². The van der Waals surface area contributed by atoms with Gasteiger partial charge in [-0.05, 0) is 30.0 Å². The van der Waals surface area contributed by atoms with Gasteiger partial charge >= 0.3 is 0 Å². The molecule has 1 unspecified atom stereocenters. The van der Waals surface area contributed by atoms with Crippen LogP contribution >= 0.6 is 0 Å². The topological polar surface area (TPSA) is 44.5 Å². The second kappa shape index (κ2) is 7.70. The Morgan fingerprint density at radius 1 is 1.10 bits per heavy atom. The molecule has 0 aliphatic rings. The smallest absolute Gasteiger partial charge is 0.125 e. The van der Waals surface area contributed by atoms with Crippen molar-refractivity contribution in [2.45, 2.75) is 32.4 Å². The van der Waals surface area contributed by atoms with Gasteiger partial charge in [-0.25, -0.2) is 0 Å². The lowest BCUT2D eigenvalue weighted by Gasteiger charge is -2.14. The number of rotatable bonds is 7. The third kappa shape index (κ3) is 4.50. The normalized spacial score (nSPS) is 12.0. The number of ether oxygens (including phenoxy) is 2. The molecule has 2 N–H and O–H groups in total. The minimum Gasteiger partial charge on any atom is -0.496 e. The molecule has 2 aromatic carbocycles. The van der Waals surface area contributed by atoms with Gasteiger partial charge in [0.05, 0.1) is 7.11 Å². The second-order valence-electron chi connectivity index (χ2n) is 5.12. The fraction of sp³-hybridized carbons (Fsp3) is 0.333. The Morgan fingerprint density at radius 2 is 1.86 bits per heavy atom. The summed E-state index contributed by atoms with van der Waals surface area (Å²) in [7, 11) is 1.68. The summed E-state index contributed by atoms with van der Waals surface area (Å²) < 4.78 is 11.3. The van der Waals surface area contributed by atoms with Crippen molar-refractivity contribution in [3.05, 3.63) is 59.7 Å². The van der Waals surface area contributed by atoms with Gasteiger partial charge in [0.2, 0.25) is 0 Å². The van der Waals surface area contributed by atoms with E-state index in [0.717, 1.165) is 35.5 Å². The molecule has 0 fully saturated rings. The Labute approximate surface area is 126 Å². The first kappa shape index (κ1) is 15.4. The van der Waals surface area contributed by atoms with Crippen molar-refractivity contribution in [3.8, 4) is 11.5 Å². The Bertz CT molecular complexity index is 554. The summed E-state index contributed by atoms with van der Waals surface area (Å²) in [5.74, 6) is 1.65. The molecule has 112 valence electrons. The van der Waals surface area contributed by atoms with Crippen LogP contribution in [0.4, 0.5) is 0 Å². The van der Waals surface area contributed by atoms with E-state index in [1.165, 1.54) is 0 Å². The van der Waals surface area contributed by atoms with Crippen LogP contribution in [0.5, 0.6) is 11.5 Å². The molecule has 0 aliphatic carbocycles. The first-order chi connectivity index (χ1) is 10.2. The average molecular weight is 285 g/mol. The van der Waals surface area contributed by atoms with Crippen molar-refractivity contribution in [2.24, 2.45) is 5.73 Å². The van der Waals surface area contributed by atoms with Crippen molar-refractivity contribution in [1.29, 1.82) is 0 Å². The molecule has 0 radical (unpaired) electrons. The van der Waals surface area contributed by atoms with E-state index in [2.05, 4.69) is 6.92 Å². The van der Waals surface area contributed by atoms with Gasteiger partial charge in [-0.2, -0.15) is 0 Å². The van der Waals surface area contributed by atoms with E-state index >= 15 is 0 Å². The molecule has 0 aromatic heterocycles. The van der Waals surface area contributed by atoms with Gasteiger partial charge in [0, 0.05) is 12.1 Å². The molecule has 0 saturated carbocycles. The Morgan fingerprint density at radius 3 is 2.52 bits per heavy atom. The van der Waals surface area contributed by atoms with Crippen LogP contribution in [0.25, 0.3) is 0 Å². The Hall–Kier alpha value is -2.00. The first-order valence-electron chi connectivity index (χ1n) is 7.32. The maximum atomic E-state index is 6.01. The SMILES string of the molecule is CCC(N)Cc1ccc(OCc2ccccc2)cc1OC. The number of hydrogen-bond donors (Lipinski definition) is 1. The fourth-order valence-electron chi connectivity index (χ4n) is 2.15. The molecule has 0 spiro atoms. The number of nitrogens with two attached hydrogens (primary N) is 1. The summed E-state index contributed by atoms with van der Waals surface area (Å²) in [4.78, 5) is 0. The van der Waals surface area contributed by atoms with Crippen LogP contribution < -0.4 is 15.2 Å². The monoisotopic (exact) mass is 285 g/mol. The van der Waals surface area contributed by atoms with Crippen LogP contribution in [-0.2, 0) is 13.0 Å². The minimum absolute atomic E-state index is 0.162. The molecule has 0 saturated heterocycles. The average Bonchev–Trinajstić information content (AvgIpc) is 2.54. The predicted molar refractivity (Wildman–Crippen MR) is 85.7 cm³/mol. The number of methoxy groups -OCH3 is 1. The fourth-order valence-corrected chi connectivity index (χ4v) is 2.15. The van der Waals surface area contributed by atoms with E-state index in [1.807, 2.05) is 48.5 Å². The van der Waals surface area contributed by atoms with E-state index in [4.69, 9.17) is 15.2 Å².